The van der Waals surface area contributed by atoms with E-state index in [4.69, 9.17) is 0 Å². The van der Waals surface area contributed by atoms with Crippen molar-refractivity contribution in [2.24, 2.45) is 0 Å². The van der Waals surface area contributed by atoms with E-state index in [0.29, 0.717) is 11.4 Å². The summed E-state index contributed by atoms with van der Waals surface area (Å²) in [5.41, 5.74) is 1.76. The third-order valence-electron chi connectivity index (χ3n) is 2.53. The van der Waals surface area contributed by atoms with Crippen molar-refractivity contribution < 1.29 is 8.42 Å². The lowest BCUT2D eigenvalue weighted by Crippen LogP contribution is -2.02. The van der Waals surface area contributed by atoms with Gasteiger partial charge in [0.1, 0.15) is 4.60 Å². The van der Waals surface area contributed by atoms with Crippen LogP contribution in [0.3, 0.4) is 0 Å². The lowest BCUT2D eigenvalue weighted by molar-refractivity contribution is 0.602. The summed E-state index contributed by atoms with van der Waals surface area (Å²) in [6.45, 7) is 0.581. The van der Waals surface area contributed by atoms with Gasteiger partial charge in [0.15, 0.2) is 9.84 Å². The molecular weight excluding hydrogens is 328 g/mol. The van der Waals surface area contributed by atoms with Crippen molar-refractivity contribution in [3.63, 3.8) is 0 Å². The van der Waals surface area contributed by atoms with Crippen LogP contribution in [0.25, 0.3) is 0 Å². The Morgan fingerprint density at radius 3 is 2.42 bits per heavy atom. The molecule has 0 radical (unpaired) electrons. The smallest absolute Gasteiger partial charge is 0.175 e. The number of rotatable bonds is 4. The molecule has 0 aliphatic heterocycles. The highest BCUT2D eigenvalue weighted by Gasteiger charge is 2.05. The maximum Gasteiger partial charge on any atom is 0.175 e. The van der Waals surface area contributed by atoms with Crippen LogP contribution in [0.1, 0.15) is 5.69 Å². The minimum Gasteiger partial charge on any atom is -0.379 e. The van der Waals surface area contributed by atoms with E-state index in [9.17, 15) is 8.42 Å². The summed E-state index contributed by atoms with van der Waals surface area (Å²) in [7, 11) is -3.14. The summed E-state index contributed by atoms with van der Waals surface area (Å²) in [6.07, 6.45) is 1.20. The van der Waals surface area contributed by atoms with E-state index in [2.05, 4.69) is 26.2 Å². The van der Waals surface area contributed by atoms with Crippen LogP contribution in [0.15, 0.2) is 52.0 Å². The molecule has 0 saturated heterocycles. The minimum absolute atomic E-state index is 0.318. The largest absolute Gasteiger partial charge is 0.379 e. The van der Waals surface area contributed by atoms with Crippen LogP contribution in [0.4, 0.5) is 5.69 Å². The molecule has 19 heavy (non-hydrogen) atoms. The van der Waals surface area contributed by atoms with Crippen molar-refractivity contribution in [1.29, 1.82) is 0 Å². The monoisotopic (exact) mass is 340 g/mol. The second-order valence-corrected chi connectivity index (χ2v) is 6.93. The first kappa shape index (κ1) is 14.0. The topological polar surface area (TPSA) is 59.1 Å². The van der Waals surface area contributed by atoms with Crippen LogP contribution >= 0.6 is 15.9 Å². The van der Waals surface area contributed by atoms with Gasteiger partial charge in [0.05, 0.1) is 17.1 Å². The average molecular weight is 341 g/mol. The van der Waals surface area contributed by atoms with E-state index in [1.165, 1.54) is 6.26 Å². The highest BCUT2D eigenvalue weighted by molar-refractivity contribution is 9.10. The molecule has 0 bridgehead atoms. The highest BCUT2D eigenvalue weighted by Crippen LogP contribution is 2.15. The minimum atomic E-state index is -3.14. The molecule has 2 rings (SSSR count). The number of hydrogen-bond donors (Lipinski definition) is 1. The second kappa shape index (κ2) is 5.71. The van der Waals surface area contributed by atoms with E-state index in [-0.39, 0.29) is 0 Å². The first-order valence-electron chi connectivity index (χ1n) is 5.60. The van der Waals surface area contributed by atoms with Gasteiger partial charge >= 0.3 is 0 Å². The lowest BCUT2D eigenvalue weighted by Gasteiger charge is -2.07. The van der Waals surface area contributed by atoms with Gasteiger partial charge in [-0.25, -0.2) is 13.4 Å². The van der Waals surface area contributed by atoms with E-state index in [0.717, 1.165) is 16.0 Å². The Labute approximate surface area is 120 Å². The molecule has 2 aromatic rings. The van der Waals surface area contributed by atoms with E-state index in [1.54, 1.807) is 24.3 Å². The van der Waals surface area contributed by atoms with Crippen molar-refractivity contribution in [3.05, 3.63) is 52.8 Å². The molecular formula is C13H13BrN2O2S. The van der Waals surface area contributed by atoms with Gasteiger partial charge in [0.25, 0.3) is 0 Å². The lowest BCUT2D eigenvalue weighted by atomic mass is 10.3. The maximum absolute atomic E-state index is 11.3. The predicted octanol–water partition coefficient (Wildman–Crippen LogP) is 2.86. The molecule has 100 valence electrons. The Morgan fingerprint density at radius 2 is 1.84 bits per heavy atom. The molecule has 0 aliphatic carbocycles. The van der Waals surface area contributed by atoms with Gasteiger partial charge in [-0.1, -0.05) is 6.07 Å². The molecule has 0 saturated carbocycles. The second-order valence-electron chi connectivity index (χ2n) is 4.10. The molecule has 0 unspecified atom stereocenters. The zero-order valence-electron chi connectivity index (χ0n) is 10.3. The zero-order valence-corrected chi connectivity index (χ0v) is 12.7. The number of benzene rings is 1. The summed E-state index contributed by atoms with van der Waals surface area (Å²) < 4.78 is 23.4. The number of halogens is 1. The normalized spacial score (nSPS) is 11.3. The van der Waals surface area contributed by atoms with Gasteiger partial charge in [0.2, 0.25) is 0 Å². The van der Waals surface area contributed by atoms with Crippen molar-refractivity contribution in [2.75, 3.05) is 11.6 Å². The van der Waals surface area contributed by atoms with Gasteiger partial charge in [-0.05, 0) is 52.3 Å². The molecule has 1 heterocycles. The molecule has 0 amide bonds. The van der Waals surface area contributed by atoms with E-state index < -0.39 is 9.84 Å². The number of pyridine rings is 1. The third-order valence-corrected chi connectivity index (χ3v) is 4.10. The zero-order chi connectivity index (χ0) is 13.9. The highest BCUT2D eigenvalue weighted by atomic mass is 79.9. The fourth-order valence-corrected chi connectivity index (χ4v) is 2.57. The van der Waals surface area contributed by atoms with Crippen molar-refractivity contribution in [1.82, 2.24) is 4.98 Å². The first-order valence-corrected chi connectivity index (χ1v) is 8.29. The molecule has 0 fully saturated rings. The van der Waals surface area contributed by atoms with Gasteiger partial charge in [-0.15, -0.1) is 0 Å². The SMILES string of the molecule is CS(=O)(=O)c1ccc(NCc2cccc(Br)n2)cc1. The molecule has 0 atom stereocenters. The van der Waals surface area contributed by atoms with E-state index in [1.807, 2.05) is 18.2 Å². The van der Waals surface area contributed by atoms with Crippen molar-refractivity contribution >= 4 is 31.5 Å². The number of hydrogen-bond acceptors (Lipinski definition) is 4. The third kappa shape index (κ3) is 4.04. The van der Waals surface area contributed by atoms with Gasteiger partial charge in [0, 0.05) is 11.9 Å². The quantitative estimate of drug-likeness (QED) is 0.869. The molecule has 0 spiro atoms. The molecule has 1 aromatic heterocycles. The van der Waals surface area contributed by atoms with Crippen molar-refractivity contribution in [3.8, 4) is 0 Å². The molecule has 6 heteroatoms. The van der Waals surface area contributed by atoms with Gasteiger partial charge in [-0.2, -0.15) is 0 Å². The Morgan fingerprint density at radius 1 is 1.16 bits per heavy atom. The van der Waals surface area contributed by atoms with Crippen LogP contribution in [0, 0.1) is 0 Å². The number of aromatic nitrogens is 1. The molecule has 4 nitrogen and oxygen atoms in total. The Hall–Kier alpha value is -1.40. The Balaban J connectivity index is 2.05. The summed E-state index contributed by atoms with van der Waals surface area (Å²) in [5.74, 6) is 0. The first-order chi connectivity index (χ1) is 8.95. The number of anilines is 1. The van der Waals surface area contributed by atoms with Gasteiger partial charge in [-0.3, -0.25) is 0 Å². The van der Waals surface area contributed by atoms with Crippen LogP contribution in [-0.4, -0.2) is 19.7 Å². The number of nitrogens with zero attached hydrogens (tertiary/aromatic N) is 1. The molecule has 1 N–H and O–H groups in total. The Kier molecular flexibility index (Phi) is 4.21. The summed E-state index contributed by atoms with van der Waals surface area (Å²) >= 11 is 3.31. The molecule has 1 aromatic carbocycles. The van der Waals surface area contributed by atoms with Gasteiger partial charge < -0.3 is 5.32 Å². The summed E-state index contributed by atoms with van der Waals surface area (Å²) in [5, 5.41) is 3.19. The fourth-order valence-electron chi connectivity index (χ4n) is 1.56. The summed E-state index contributed by atoms with van der Waals surface area (Å²) in [4.78, 5) is 4.62. The van der Waals surface area contributed by atoms with Crippen LogP contribution < -0.4 is 5.32 Å². The van der Waals surface area contributed by atoms with E-state index >= 15 is 0 Å². The van der Waals surface area contributed by atoms with Crippen LogP contribution in [-0.2, 0) is 16.4 Å². The number of nitrogens with one attached hydrogen (secondary N) is 1. The van der Waals surface area contributed by atoms with Crippen molar-refractivity contribution in [2.45, 2.75) is 11.4 Å². The maximum atomic E-state index is 11.3. The summed E-state index contributed by atoms with van der Waals surface area (Å²) in [6, 6.07) is 12.4. The number of sulfone groups is 1. The standard InChI is InChI=1S/C13H13BrN2O2S/c1-19(17,18)12-7-5-10(6-8-12)15-9-11-3-2-4-13(14)16-11/h2-8,15H,9H2,1H3. The Bertz CT molecular complexity index is 669. The predicted molar refractivity (Wildman–Crippen MR) is 78.8 cm³/mol. The molecule has 0 aliphatic rings. The fraction of sp³-hybridized carbons (Fsp3) is 0.154. The van der Waals surface area contributed by atoms with Crippen LogP contribution in [0.5, 0.6) is 0 Å². The average Bonchev–Trinajstić information content (AvgIpc) is 2.36. The van der Waals surface area contributed by atoms with Crippen LogP contribution in [0.2, 0.25) is 0 Å².